The van der Waals surface area contributed by atoms with Crippen LogP contribution in [0.2, 0.25) is 0 Å². The van der Waals surface area contributed by atoms with Crippen LogP contribution < -0.4 is 10.1 Å². The molecule has 3 aromatic rings. The molecule has 0 amide bonds. The first-order valence-electron chi connectivity index (χ1n) is 8.82. The first-order valence-corrected chi connectivity index (χ1v) is 9.61. The van der Waals surface area contributed by atoms with Gasteiger partial charge in [-0.1, -0.05) is 25.1 Å². The van der Waals surface area contributed by atoms with E-state index in [-0.39, 0.29) is 0 Å². The van der Waals surface area contributed by atoms with Gasteiger partial charge in [-0.05, 0) is 65.1 Å². The van der Waals surface area contributed by atoms with Crippen LogP contribution in [0.4, 0.5) is 0 Å². The molecule has 0 saturated heterocycles. The molecule has 0 aliphatic carbocycles. The predicted molar refractivity (Wildman–Crippen MR) is 106 cm³/mol. The summed E-state index contributed by atoms with van der Waals surface area (Å²) in [5.74, 6) is 1.97. The summed E-state index contributed by atoms with van der Waals surface area (Å²) in [5, 5.41) is 3.49. The van der Waals surface area contributed by atoms with Crippen LogP contribution in [0, 0.1) is 0 Å². The first-order chi connectivity index (χ1) is 12.3. The number of hydrogen-bond donors (Lipinski definition) is 2. The zero-order valence-corrected chi connectivity index (χ0v) is 16.1. The molecule has 2 aromatic carbocycles. The van der Waals surface area contributed by atoms with Gasteiger partial charge in [0.05, 0.1) is 22.1 Å². The van der Waals surface area contributed by atoms with Crippen LogP contribution in [0.1, 0.15) is 31.2 Å². The summed E-state index contributed by atoms with van der Waals surface area (Å²) in [7, 11) is 0. The van der Waals surface area contributed by atoms with E-state index in [1.54, 1.807) is 0 Å². The number of nitrogens with zero attached hydrogens (tertiary/aromatic N) is 1. The van der Waals surface area contributed by atoms with Crippen molar-refractivity contribution in [2.75, 3.05) is 13.2 Å². The number of nitrogens with one attached hydrogen (secondary N) is 2. The second-order valence-electron chi connectivity index (χ2n) is 6.09. The van der Waals surface area contributed by atoms with E-state index in [2.05, 4.69) is 56.3 Å². The number of benzene rings is 2. The maximum Gasteiger partial charge on any atom is 0.133 e. The van der Waals surface area contributed by atoms with Gasteiger partial charge in [0, 0.05) is 13.0 Å². The lowest BCUT2D eigenvalue weighted by Crippen LogP contribution is -2.15. The van der Waals surface area contributed by atoms with Crippen molar-refractivity contribution in [1.82, 2.24) is 15.3 Å². The molecule has 0 bridgehead atoms. The number of hydrogen-bond acceptors (Lipinski definition) is 3. The van der Waals surface area contributed by atoms with E-state index in [9.17, 15) is 0 Å². The fourth-order valence-corrected chi connectivity index (χ4v) is 3.26. The Balaban J connectivity index is 1.41. The second kappa shape index (κ2) is 9.02. The minimum Gasteiger partial charge on any atom is -0.492 e. The molecule has 5 heteroatoms. The van der Waals surface area contributed by atoms with E-state index in [0.717, 1.165) is 66.0 Å². The minimum absolute atomic E-state index is 0.748. The molecule has 1 heterocycles. The van der Waals surface area contributed by atoms with E-state index in [1.165, 1.54) is 5.56 Å². The van der Waals surface area contributed by atoms with Crippen molar-refractivity contribution in [2.45, 2.75) is 32.7 Å². The lowest BCUT2D eigenvalue weighted by molar-refractivity contribution is 0.315. The number of imidazole rings is 1. The van der Waals surface area contributed by atoms with E-state index in [0.29, 0.717) is 0 Å². The monoisotopic (exact) mass is 401 g/mol. The van der Waals surface area contributed by atoms with Crippen molar-refractivity contribution in [3.8, 4) is 5.75 Å². The maximum atomic E-state index is 5.68. The van der Waals surface area contributed by atoms with E-state index < -0.39 is 0 Å². The largest absolute Gasteiger partial charge is 0.492 e. The Morgan fingerprint density at radius 2 is 2.08 bits per heavy atom. The molecule has 0 unspecified atom stereocenters. The van der Waals surface area contributed by atoms with Gasteiger partial charge in [-0.25, -0.2) is 4.98 Å². The Morgan fingerprint density at radius 1 is 1.20 bits per heavy atom. The average Bonchev–Trinajstić information content (AvgIpc) is 3.03. The third-order valence-corrected chi connectivity index (χ3v) is 4.61. The van der Waals surface area contributed by atoms with Crippen LogP contribution in [0.3, 0.4) is 0 Å². The number of fused-ring (bicyclic) bond motifs is 1. The van der Waals surface area contributed by atoms with Crippen molar-refractivity contribution >= 4 is 27.0 Å². The summed E-state index contributed by atoms with van der Waals surface area (Å²) < 4.78 is 6.70. The van der Waals surface area contributed by atoms with E-state index in [1.807, 2.05) is 24.3 Å². The Morgan fingerprint density at radius 3 is 2.88 bits per heavy atom. The Labute approximate surface area is 157 Å². The van der Waals surface area contributed by atoms with Crippen LogP contribution in [0.5, 0.6) is 5.75 Å². The molecule has 25 heavy (non-hydrogen) atoms. The molecular formula is C20H24BrN3O. The summed E-state index contributed by atoms with van der Waals surface area (Å²) in [5.41, 5.74) is 3.40. The minimum atomic E-state index is 0.748. The van der Waals surface area contributed by atoms with Crippen molar-refractivity contribution in [2.24, 2.45) is 0 Å². The molecule has 132 valence electrons. The van der Waals surface area contributed by atoms with Gasteiger partial charge >= 0.3 is 0 Å². The van der Waals surface area contributed by atoms with Gasteiger partial charge in [-0.15, -0.1) is 0 Å². The number of aryl methyl sites for hydroxylation is 1. The van der Waals surface area contributed by atoms with Gasteiger partial charge in [0.25, 0.3) is 0 Å². The average molecular weight is 402 g/mol. The normalized spacial score (nSPS) is 11.1. The number of rotatable bonds is 9. The predicted octanol–water partition coefficient (Wildman–Crippen LogP) is 4.84. The summed E-state index contributed by atoms with van der Waals surface area (Å²) in [6.07, 6.45) is 3.02. The molecule has 2 N–H and O–H groups in total. The third-order valence-electron chi connectivity index (χ3n) is 3.99. The van der Waals surface area contributed by atoms with Gasteiger partial charge in [-0.3, -0.25) is 0 Å². The highest BCUT2D eigenvalue weighted by Gasteiger charge is 2.04. The highest BCUT2D eigenvalue weighted by molar-refractivity contribution is 9.10. The van der Waals surface area contributed by atoms with Gasteiger partial charge in [0.1, 0.15) is 11.6 Å². The van der Waals surface area contributed by atoms with Crippen LogP contribution >= 0.6 is 15.9 Å². The Hall–Kier alpha value is -1.85. The molecule has 4 nitrogen and oxygen atoms in total. The molecule has 0 radical (unpaired) electrons. The number of para-hydroxylation sites is 2. The zero-order chi connectivity index (χ0) is 17.5. The molecule has 1 aromatic heterocycles. The molecule has 0 atom stereocenters. The van der Waals surface area contributed by atoms with Crippen molar-refractivity contribution in [3.05, 3.63) is 58.3 Å². The second-order valence-corrected chi connectivity index (χ2v) is 6.95. The first kappa shape index (κ1) is 18.0. The quantitative estimate of drug-likeness (QED) is 0.504. The topological polar surface area (TPSA) is 49.9 Å². The number of H-pyrrole nitrogens is 1. The molecule has 0 spiro atoms. The van der Waals surface area contributed by atoms with Gasteiger partial charge in [0.15, 0.2) is 0 Å². The standard InChI is InChI=1S/C20H24BrN3O/c1-2-12-25-19-10-9-15(13-16(19)21)14-22-11-5-8-20-23-17-6-3-4-7-18(17)24-20/h3-4,6-7,9-10,13,22H,2,5,8,11-12,14H2,1H3,(H,23,24). The third kappa shape index (κ3) is 5.06. The fourth-order valence-electron chi connectivity index (χ4n) is 2.72. The SMILES string of the molecule is CCCOc1ccc(CNCCCc2nc3ccccc3[nH]2)cc1Br. The maximum absolute atomic E-state index is 5.68. The highest BCUT2D eigenvalue weighted by Crippen LogP contribution is 2.26. The number of halogens is 1. The van der Waals surface area contributed by atoms with Crippen LogP contribution in [-0.2, 0) is 13.0 Å². The van der Waals surface area contributed by atoms with Crippen molar-refractivity contribution < 1.29 is 4.74 Å². The van der Waals surface area contributed by atoms with Gasteiger partial charge in [0.2, 0.25) is 0 Å². The van der Waals surface area contributed by atoms with Crippen LogP contribution in [-0.4, -0.2) is 23.1 Å². The molecule has 3 rings (SSSR count). The summed E-state index contributed by atoms with van der Waals surface area (Å²) in [6.45, 7) is 4.67. The lowest BCUT2D eigenvalue weighted by atomic mass is 10.2. The Kier molecular flexibility index (Phi) is 6.48. The summed E-state index contributed by atoms with van der Waals surface area (Å²) in [4.78, 5) is 7.99. The molecule has 0 saturated carbocycles. The highest BCUT2D eigenvalue weighted by atomic mass is 79.9. The lowest BCUT2D eigenvalue weighted by Gasteiger charge is -2.09. The van der Waals surface area contributed by atoms with Crippen molar-refractivity contribution in [3.63, 3.8) is 0 Å². The van der Waals surface area contributed by atoms with E-state index in [4.69, 9.17) is 4.74 Å². The molecule has 0 fully saturated rings. The fraction of sp³-hybridized carbons (Fsp3) is 0.350. The summed E-state index contributed by atoms with van der Waals surface area (Å²) >= 11 is 3.58. The van der Waals surface area contributed by atoms with E-state index >= 15 is 0 Å². The Bertz CT molecular complexity index is 783. The van der Waals surface area contributed by atoms with Gasteiger partial charge < -0.3 is 15.0 Å². The number of aromatic nitrogens is 2. The van der Waals surface area contributed by atoms with Gasteiger partial charge in [-0.2, -0.15) is 0 Å². The van der Waals surface area contributed by atoms with Crippen molar-refractivity contribution in [1.29, 1.82) is 0 Å². The van der Waals surface area contributed by atoms with Crippen LogP contribution in [0.15, 0.2) is 46.9 Å². The number of aromatic amines is 1. The molecule has 0 aliphatic heterocycles. The smallest absolute Gasteiger partial charge is 0.133 e. The summed E-state index contributed by atoms with van der Waals surface area (Å²) in [6, 6.07) is 14.4. The number of ether oxygens (including phenoxy) is 1. The van der Waals surface area contributed by atoms with Crippen LogP contribution in [0.25, 0.3) is 11.0 Å². The molecule has 0 aliphatic rings. The molecular weight excluding hydrogens is 378 g/mol. The zero-order valence-electron chi connectivity index (χ0n) is 14.5.